The van der Waals surface area contributed by atoms with E-state index in [1.807, 2.05) is 27.7 Å². The lowest BCUT2D eigenvalue weighted by atomic mass is 10.1. The summed E-state index contributed by atoms with van der Waals surface area (Å²) in [4.78, 5) is 4.44. The minimum Gasteiger partial charge on any atom is -0.391 e. The van der Waals surface area contributed by atoms with Crippen molar-refractivity contribution < 1.29 is 39.4 Å². The van der Waals surface area contributed by atoms with E-state index in [0.717, 1.165) is 16.9 Å². The molecule has 0 radical (unpaired) electrons. The molecule has 0 aliphatic carbocycles. The number of aliphatic hydroxyl groups excluding tert-OH is 4. The number of hydrogen-bond acceptors (Lipinski definition) is 10. The lowest BCUT2D eigenvalue weighted by molar-refractivity contribution is -0.000129. The molecular weight excluding hydrogens is 528 g/mol. The molecule has 10 heteroatoms. The highest BCUT2D eigenvalue weighted by Gasteiger charge is 2.21. The second-order valence-electron chi connectivity index (χ2n) is 11.8. The van der Waals surface area contributed by atoms with Gasteiger partial charge in [-0.05, 0) is 80.0 Å². The van der Waals surface area contributed by atoms with E-state index in [0.29, 0.717) is 26.2 Å². The van der Waals surface area contributed by atoms with Crippen LogP contribution in [0.25, 0.3) is 0 Å². The SMILES string of the molecule is Cc1ccc(N(CC(C)OCC(C)O)CC(C)OCC(C)O)cc1N(CC(C)OCC(C)O)CC(C)OCC(C)O. The number of hydrogen-bond donors (Lipinski definition) is 4. The molecule has 1 rings (SSSR count). The predicted octanol–water partition coefficient (Wildman–Crippen LogP) is 2.75. The lowest BCUT2D eigenvalue weighted by Gasteiger charge is -2.34. The van der Waals surface area contributed by atoms with Crippen molar-refractivity contribution >= 4 is 11.4 Å². The minimum absolute atomic E-state index is 0.141. The van der Waals surface area contributed by atoms with Crippen molar-refractivity contribution in [2.24, 2.45) is 0 Å². The average Bonchev–Trinajstić information content (AvgIpc) is 2.88. The monoisotopic (exact) mass is 586 g/mol. The highest BCUT2D eigenvalue weighted by atomic mass is 16.5. The molecule has 0 aromatic heterocycles. The molecule has 8 unspecified atom stereocenters. The van der Waals surface area contributed by atoms with E-state index < -0.39 is 24.4 Å². The number of anilines is 2. The van der Waals surface area contributed by atoms with Crippen molar-refractivity contribution in [3.05, 3.63) is 23.8 Å². The maximum absolute atomic E-state index is 9.71. The van der Waals surface area contributed by atoms with Crippen molar-refractivity contribution in [1.82, 2.24) is 0 Å². The first kappa shape index (κ1) is 37.5. The van der Waals surface area contributed by atoms with Crippen LogP contribution in [0.1, 0.15) is 61.0 Å². The third-order valence-electron chi connectivity index (χ3n) is 6.30. The Morgan fingerprint density at radius 3 is 1.17 bits per heavy atom. The molecule has 1 aromatic carbocycles. The number of rotatable bonds is 22. The average molecular weight is 587 g/mol. The molecule has 4 N–H and O–H groups in total. The van der Waals surface area contributed by atoms with Crippen molar-refractivity contribution in [2.45, 2.75) is 111 Å². The van der Waals surface area contributed by atoms with Crippen LogP contribution in [-0.4, -0.2) is 122 Å². The van der Waals surface area contributed by atoms with Crippen molar-refractivity contribution in [3.8, 4) is 0 Å². The van der Waals surface area contributed by atoms with E-state index in [2.05, 4.69) is 34.9 Å². The van der Waals surface area contributed by atoms with Gasteiger partial charge in [0, 0.05) is 37.6 Å². The molecule has 0 spiro atoms. The second-order valence-corrected chi connectivity index (χ2v) is 11.8. The standard InChI is InChI=1S/C31H58N2O8/c1-21-10-11-30(32(13-26(6)38-17-22(2)34)14-27(7)39-18-23(3)35)12-31(21)33(15-28(8)40-19-24(4)36)16-29(9)41-20-25(5)37/h10-12,22-29,34-37H,13-20H2,1-9H3. The summed E-state index contributed by atoms with van der Waals surface area (Å²) in [6.45, 7) is 20.2. The number of benzene rings is 1. The van der Waals surface area contributed by atoms with Crippen LogP contribution in [0.2, 0.25) is 0 Å². The van der Waals surface area contributed by atoms with Crippen LogP contribution in [0, 0.1) is 6.92 Å². The first-order valence-corrected chi connectivity index (χ1v) is 15.0. The first-order chi connectivity index (χ1) is 19.2. The van der Waals surface area contributed by atoms with E-state index in [-0.39, 0.29) is 50.8 Å². The van der Waals surface area contributed by atoms with Crippen molar-refractivity contribution in [2.75, 3.05) is 62.4 Å². The maximum Gasteiger partial charge on any atom is 0.0745 e. The fourth-order valence-corrected chi connectivity index (χ4v) is 4.36. The van der Waals surface area contributed by atoms with Gasteiger partial charge < -0.3 is 49.2 Å². The molecule has 8 atom stereocenters. The van der Waals surface area contributed by atoms with E-state index in [1.54, 1.807) is 27.7 Å². The largest absolute Gasteiger partial charge is 0.391 e. The topological polar surface area (TPSA) is 124 Å². The summed E-state index contributed by atoms with van der Waals surface area (Å²) < 4.78 is 23.5. The maximum atomic E-state index is 9.71. The number of nitrogens with zero attached hydrogens (tertiary/aromatic N) is 2. The zero-order valence-corrected chi connectivity index (χ0v) is 26.8. The molecule has 0 bridgehead atoms. The van der Waals surface area contributed by atoms with Gasteiger partial charge in [-0.2, -0.15) is 0 Å². The Balaban J connectivity index is 3.31. The minimum atomic E-state index is -0.547. The summed E-state index contributed by atoms with van der Waals surface area (Å²) in [5, 5.41) is 38.8. The Hall–Kier alpha value is -1.50. The van der Waals surface area contributed by atoms with Gasteiger partial charge in [-0.25, -0.2) is 0 Å². The molecule has 1 aromatic rings. The summed E-state index contributed by atoms with van der Waals surface area (Å²) in [7, 11) is 0. The van der Waals surface area contributed by atoms with E-state index >= 15 is 0 Å². The summed E-state index contributed by atoms with van der Waals surface area (Å²) in [6.07, 6.45) is -2.76. The Morgan fingerprint density at radius 2 is 0.854 bits per heavy atom. The zero-order chi connectivity index (χ0) is 31.1. The molecule has 0 saturated heterocycles. The molecule has 0 heterocycles. The number of aryl methyl sites for hydroxylation is 1. The van der Waals surface area contributed by atoms with Crippen LogP contribution in [0.4, 0.5) is 11.4 Å². The fourth-order valence-electron chi connectivity index (χ4n) is 4.36. The van der Waals surface area contributed by atoms with Crippen molar-refractivity contribution in [3.63, 3.8) is 0 Å². The van der Waals surface area contributed by atoms with Gasteiger partial charge in [0.15, 0.2) is 0 Å². The Labute approximate surface area is 248 Å². The van der Waals surface area contributed by atoms with Gasteiger partial charge in [0.2, 0.25) is 0 Å². The lowest BCUT2D eigenvalue weighted by Crippen LogP contribution is -2.41. The Kier molecular flexibility index (Phi) is 18.0. The van der Waals surface area contributed by atoms with Crippen LogP contribution >= 0.6 is 0 Å². The highest BCUT2D eigenvalue weighted by molar-refractivity contribution is 5.64. The molecular formula is C31H58N2O8. The van der Waals surface area contributed by atoms with Crippen LogP contribution in [0.15, 0.2) is 18.2 Å². The number of ether oxygens (including phenoxy) is 4. The highest BCUT2D eigenvalue weighted by Crippen LogP contribution is 2.28. The summed E-state index contributed by atoms with van der Waals surface area (Å²) in [6, 6.07) is 6.33. The normalized spacial score (nSPS) is 17.8. The van der Waals surface area contributed by atoms with Gasteiger partial charge in [-0.1, -0.05) is 6.07 Å². The molecule has 0 aliphatic heterocycles. The number of aliphatic hydroxyl groups is 4. The molecule has 0 fully saturated rings. The van der Waals surface area contributed by atoms with Gasteiger partial charge in [0.1, 0.15) is 0 Å². The predicted molar refractivity (Wildman–Crippen MR) is 164 cm³/mol. The summed E-state index contributed by atoms with van der Waals surface area (Å²) >= 11 is 0. The molecule has 240 valence electrons. The quantitative estimate of drug-likeness (QED) is 0.161. The van der Waals surface area contributed by atoms with Gasteiger partial charge in [0.05, 0.1) is 75.3 Å². The van der Waals surface area contributed by atoms with Gasteiger partial charge >= 0.3 is 0 Å². The fraction of sp³-hybridized carbons (Fsp3) is 0.806. The molecule has 0 saturated carbocycles. The van der Waals surface area contributed by atoms with Crippen molar-refractivity contribution in [1.29, 1.82) is 0 Å². The molecule has 0 amide bonds. The van der Waals surface area contributed by atoms with Crippen LogP contribution < -0.4 is 9.80 Å². The van der Waals surface area contributed by atoms with E-state index in [4.69, 9.17) is 18.9 Å². The van der Waals surface area contributed by atoms with Crippen LogP contribution in [-0.2, 0) is 18.9 Å². The van der Waals surface area contributed by atoms with E-state index in [1.165, 1.54) is 0 Å². The van der Waals surface area contributed by atoms with Crippen LogP contribution in [0.3, 0.4) is 0 Å². The van der Waals surface area contributed by atoms with E-state index in [9.17, 15) is 20.4 Å². The third kappa shape index (κ3) is 16.7. The zero-order valence-electron chi connectivity index (χ0n) is 26.8. The summed E-state index contributed by atoms with van der Waals surface area (Å²) in [5.74, 6) is 0. The Bertz CT molecular complexity index is 783. The van der Waals surface area contributed by atoms with Gasteiger partial charge in [0.25, 0.3) is 0 Å². The molecule has 41 heavy (non-hydrogen) atoms. The Morgan fingerprint density at radius 1 is 0.537 bits per heavy atom. The van der Waals surface area contributed by atoms with Gasteiger partial charge in [-0.3, -0.25) is 0 Å². The van der Waals surface area contributed by atoms with Crippen LogP contribution in [0.5, 0.6) is 0 Å². The third-order valence-corrected chi connectivity index (χ3v) is 6.30. The molecule has 10 nitrogen and oxygen atoms in total. The first-order valence-electron chi connectivity index (χ1n) is 15.0. The second kappa shape index (κ2) is 19.6. The van der Waals surface area contributed by atoms with Gasteiger partial charge in [-0.15, -0.1) is 0 Å². The smallest absolute Gasteiger partial charge is 0.0745 e. The summed E-state index contributed by atoms with van der Waals surface area (Å²) in [5.41, 5.74) is 3.12. The molecule has 0 aliphatic rings.